The highest BCUT2D eigenvalue weighted by Gasteiger charge is 2.43. The first kappa shape index (κ1) is 11.7. The summed E-state index contributed by atoms with van der Waals surface area (Å²) in [5.41, 5.74) is 5.65. The van der Waals surface area contributed by atoms with Gasteiger partial charge in [0.1, 0.15) is 5.84 Å². The number of oxime groups is 1. The Kier molecular flexibility index (Phi) is 3.66. The second-order valence-corrected chi connectivity index (χ2v) is 4.92. The Morgan fingerprint density at radius 1 is 1.56 bits per heavy atom. The van der Waals surface area contributed by atoms with E-state index in [2.05, 4.69) is 5.16 Å². The van der Waals surface area contributed by atoms with Crippen LogP contribution in [0.1, 0.15) is 32.1 Å². The van der Waals surface area contributed by atoms with Crippen LogP contribution >= 0.6 is 0 Å². The molecule has 0 aromatic carbocycles. The minimum Gasteiger partial charge on any atom is -0.409 e. The summed E-state index contributed by atoms with van der Waals surface area (Å²) in [6.07, 6.45) is 5.37. The molecule has 1 heterocycles. The first-order chi connectivity index (χ1) is 7.74. The topological polar surface area (TPSA) is 77.1 Å². The minimum atomic E-state index is 0.134. The van der Waals surface area contributed by atoms with Crippen molar-refractivity contribution in [3.8, 4) is 0 Å². The molecule has 0 amide bonds. The van der Waals surface area contributed by atoms with Gasteiger partial charge in [-0.2, -0.15) is 0 Å². The van der Waals surface area contributed by atoms with Gasteiger partial charge in [0.05, 0.1) is 19.3 Å². The van der Waals surface area contributed by atoms with Crippen molar-refractivity contribution in [3.63, 3.8) is 0 Å². The lowest BCUT2D eigenvalue weighted by atomic mass is 10.0. The van der Waals surface area contributed by atoms with Crippen molar-refractivity contribution < 1.29 is 14.7 Å². The maximum absolute atomic E-state index is 8.53. The molecular weight excluding hydrogens is 208 g/mol. The van der Waals surface area contributed by atoms with Crippen LogP contribution in [0.4, 0.5) is 0 Å². The SMILES string of the molecule is NC(CC1(COCC2CCCO2)CC1)=NO. The smallest absolute Gasteiger partial charge is 0.139 e. The number of nitrogens with two attached hydrogens (primary N) is 1. The van der Waals surface area contributed by atoms with Crippen molar-refractivity contribution >= 4 is 5.84 Å². The van der Waals surface area contributed by atoms with Gasteiger partial charge in [-0.25, -0.2) is 0 Å². The van der Waals surface area contributed by atoms with Crippen LogP contribution in [0.15, 0.2) is 5.16 Å². The summed E-state index contributed by atoms with van der Waals surface area (Å²) in [4.78, 5) is 0. The molecule has 3 N–H and O–H groups in total. The normalized spacial score (nSPS) is 28.2. The largest absolute Gasteiger partial charge is 0.409 e. The maximum Gasteiger partial charge on any atom is 0.139 e. The van der Waals surface area contributed by atoms with E-state index < -0.39 is 0 Å². The molecule has 0 aromatic rings. The number of ether oxygens (including phenoxy) is 2. The number of rotatable bonds is 6. The lowest BCUT2D eigenvalue weighted by Gasteiger charge is -2.16. The molecule has 2 fully saturated rings. The fourth-order valence-corrected chi connectivity index (χ4v) is 2.15. The van der Waals surface area contributed by atoms with E-state index in [1.165, 1.54) is 0 Å². The molecule has 1 unspecified atom stereocenters. The van der Waals surface area contributed by atoms with Gasteiger partial charge in [-0.15, -0.1) is 0 Å². The van der Waals surface area contributed by atoms with E-state index in [1.807, 2.05) is 0 Å². The van der Waals surface area contributed by atoms with Gasteiger partial charge in [0.2, 0.25) is 0 Å². The zero-order valence-electron chi connectivity index (χ0n) is 9.52. The van der Waals surface area contributed by atoms with Crippen LogP contribution in [-0.4, -0.2) is 37.0 Å². The van der Waals surface area contributed by atoms with Crippen molar-refractivity contribution in [2.45, 2.75) is 38.2 Å². The predicted molar refractivity (Wildman–Crippen MR) is 59.5 cm³/mol. The Labute approximate surface area is 95.6 Å². The molecule has 0 radical (unpaired) electrons. The summed E-state index contributed by atoms with van der Waals surface area (Å²) in [6.45, 7) is 2.24. The van der Waals surface area contributed by atoms with E-state index >= 15 is 0 Å². The van der Waals surface area contributed by atoms with E-state index in [-0.39, 0.29) is 11.5 Å². The third-order valence-electron chi connectivity index (χ3n) is 3.38. The third-order valence-corrected chi connectivity index (χ3v) is 3.38. The Morgan fingerprint density at radius 3 is 2.94 bits per heavy atom. The van der Waals surface area contributed by atoms with Crippen molar-refractivity contribution in [2.24, 2.45) is 16.3 Å². The summed E-state index contributed by atoms with van der Waals surface area (Å²) < 4.78 is 11.1. The van der Waals surface area contributed by atoms with E-state index in [4.69, 9.17) is 20.4 Å². The summed E-state index contributed by atoms with van der Waals surface area (Å²) in [7, 11) is 0. The highest BCUT2D eigenvalue weighted by atomic mass is 16.5. The van der Waals surface area contributed by atoms with Crippen LogP contribution in [-0.2, 0) is 9.47 Å². The third kappa shape index (κ3) is 3.09. The van der Waals surface area contributed by atoms with Crippen LogP contribution in [0, 0.1) is 5.41 Å². The lowest BCUT2D eigenvalue weighted by molar-refractivity contribution is 0.00223. The fraction of sp³-hybridized carbons (Fsp3) is 0.909. The molecule has 0 spiro atoms. The molecule has 92 valence electrons. The van der Waals surface area contributed by atoms with Crippen LogP contribution < -0.4 is 5.73 Å². The van der Waals surface area contributed by atoms with Gasteiger partial charge in [-0.3, -0.25) is 0 Å². The summed E-state index contributed by atoms with van der Waals surface area (Å²) in [5.74, 6) is 0.304. The molecule has 1 saturated carbocycles. The number of hydrogen-bond donors (Lipinski definition) is 2. The second-order valence-electron chi connectivity index (χ2n) is 4.92. The van der Waals surface area contributed by atoms with Crippen LogP contribution in [0.5, 0.6) is 0 Å². The van der Waals surface area contributed by atoms with Gasteiger partial charge in [0, 0.05) is 18.4 Å². The average molecular weight is 228 g/mol. The monoisotopic (exact) mass is 228 g/mol. The molecule has 16 heavy (non-hydrogen) atoms. The Hall–Kier alpha value is -0.810. The number of amidine groups is 1. The van der Waals surface area contributed by atoms with E-state index in [0.29, 0.717) is 25.5 Å². The van der Waals surface area contributed by atoms with Gasteiger partial charge in [0.15, 0.2) is 0 Å². The molecule has 0 aromatic heterocycles. The first-order valence-corrected chi connectivity index (χ1v) is 5.90. The molecule has 1 aliphatic heterocycles. The summed E-state index contributed by atoms with van der Waals surface area (Å²) in [5, 5.41) is 11.5. The van der Waals surface area contributed by atoms with Crippen LogP contribution in [0.25, 0.3) is 0 Å². The Balaban J connectivity index is 1.65. The van der Waals surface area contributed by atoms with Gasteiger partial charge >= 0.3 is 0 Å². The molecule has 5 heteroatoms. The Morgan fingerprint density at radius 2 is 2.38 bits per heavy atom. The standard InChI is InChI=1S/C11H20N2O3/c12-10(13-14)6-11(3-4-11)8-15-7-9-2-1-5-16-9/h9,14H,1-8H2,(H2,12,13). The van der Waals surface area contributed by atoms with Gasteiger partial charge in [-0.1, -0.05) is 5.16 Å². The Bertz CT molecular complexity index is 258. The van der Waals surface area contributed by atoms with Crippen molar-refractivity contribution in [3.05, 3.63) is 0 Å². The van der Waals surface area contributed by atoms with Crippen molar-refractivity contribution in [1.82, 2.24) is 0 Å². The summed E-state index contributed by atoms with van der Waals surface area (Å²) in [6, 6.07) is 0. The molecular formula is C11H20N2O3. The second kappa shape index (κ2) is 5.01. The number of nitrogens with zero attached hydrogens (tertiary/aromatic N) is 1. The first-order valence-electron chi connectivity index (χ1n) is 5.90. The van der Waals surface area contributed by atoms with Crippen LogP contribution in [0.3, 0.4) is 0 Å². The molecule has 1 saturated heterocycles. The zero-order chi connectivity index (χ0) is 11.4. The van der Waals surface area contributed by atoms with Crippen molar-refractivity contribution in [2.75, 3.05) is 19.8 Å². The molecule has 1 atom stereocenters. The highest BCUT2D eigenvalue weighted by Crippen LogP contribution is 2.48. The number of hydrogen-bond acceptors (Lipinski definition) is 4. The van der Waals surface area contributed by atoms with Gasteiger partial charge in [-0.05, 0) is 25.7 Å². The summed E-state index contributed by atoms with van der Waals surface area (Å²) >= 11 is 0. The van der Waals surface area contributed by atoms with E-state index in [9.17, 15) is 0 Å². The van der Waals surface area contributed by atoms with Gasteiger partial charge in [0.25, 0.3) is 0 Å². The fourth-order valence-electron chi connectivity index (χ4n) is 2.15. The molecule has 2 rings (SSSR count). The van der Waals surface area contributed by atoms with Crippen LogP contribution in [0.2, 0.25) is 0 Å². The van der Waals surface area contributed by atoms with E-state index in [0.717, 1.165) is 32.3 Å². The quantitative estimate of drug-likeness (QED) is 0.309. The molecule has 1 aliphatic carbocycles. The van der Waals surface area contributed by atoms with Gasteiger partial charge < -0.3 is 20.4 Å². The van der Waals surface area contributed by atoms with Crippen molar-refractivity contribution in [1.29, 1.82) is 0 Å². The highest BCUT2D eigenvalue weighted by molar-refractivity contribution is 5.80. The molecule has 5 nitrogen and oxygen atoms in total. The molecule has 0 bridgehead atoms. The predicted octanol–water partition coefficient (Wildman–Crippen LogP) is 1.10. The molecule has 2 aliphatic rings. The van der Waals surface area contributed by atoms with E-state index in [1.54, 1.807) is 0 Å². The lowest BCUT2D eigenvalue weighted by Crippen LogP contribution is -2.23. The maximum atomic E-state index is 8.53. The average Bonchev–Trinajstić information content (AvgIpc) is 2.83. The minimum absolute atomic E-state index is 0.134. The zero-order valence-corrected chi connectivity index (χ0v) is 9.52.